The maximum Gasteiger partial charge on any atom is 0.265 e. The van der Waals surface area contributed by atoms with Crippen LogP contribution in [0.1, 0.15) is 5.56 Å². The molecule has 0 aliphatic carbocycles. The third kappa shape index (κ3) is 3.02. The van der Waals surface area contributed by atoms with E-state index in [-0.39, 0.29) is 0 Å². The van der Waals surface area contributed by atoms with Gasteiger partial charge in [-0.15, -0.1) is 10.2 Å². The third-order valence-electron chi connectivity index (χ3n) is 3.42. The first-order valence-electron chi connectivity index (χ1n) is 7.05. The summed E-state index contributed by atoms with van der Waals surface area (Å²) in [5.74, 6) is 0.335. The lowest BCUT2D eigenvalue weighted by Gasteiger charge is -1.97. The Labute approximate surface area is 153 Å². The van der Waals surface area contributed by atoms with Crippen LogP contribution in [0.2, 0.25) is 0 Å². The normalized spacial score (nSPS) is 11.6. The van der Waals surface area contributed by atoms with Gasteiger partial charge in [0.15, 0.2) is 5.65 Å². The SMILES string of the molecule is Brc1ccc(/C=N\Nc2nnc3c(n2)[nH]c2ccc(Br)cc23)cc1. The molecule has 0 saturated carbocycles. The van der Waals surface area contributed by atoms with E-state index in [0.29, 0.717) is 11.6 Å². The molecule has 0 fully saturated rings. The zero-order valence-electron chi connectivity index (χ0n) is 12.2. The highest BCUT2D eigenvalue weighted by molar-refractivity contribution is 9.10. The number of nitrogens with zero attached hydrogens (tertiary/aromatic N) is 4. The van der Waals surface area contributed by atoms with Crippen molar-refractivity contribution in [2.45, 2.75) is 0 Å². The maximum absolute atomic E-state index is 4.41. The largest absolute Gasteiger partial charge is 0.338 e. The van der Waals surface area contributed by atoms with Crippen LogP contribution in [0.5, 0.6) is 0 Å². The first kappa shape index (κ1) is 15.2. The van der Waals surface area contributed by atoms with E-state index in [9.17, 15) is 0 Å². The molecule has 0 spiro atoms. The van der Waals surface area contributed by atoms with Gasteiger partial charge >= 0.3 is 0 Å². The second kappa shape index (κ2) is 6.29. The van der Waals surface area contributed by atoms with Crippen molar-refractivity contribution in [2.24, 2.45) is 5.10 Å². The minimum Gasteiger partial charge on any atom is -0.338 e. The number of hydrogen-bond donors (Lipinski definition) is 2. The Balaban J connectivity index is 1.60. The number of hydrazone groups is 1. The molecule has 2 aromatic heterocycles. The van der Waals surface area contributed by atoms with Crippen LogP contribution in [0.25, 0.3) is 22.1 Å². The van der Waals surface area contributed by atoms with E-state index in [4.69, 9.17) is 0 Å². The minimum absolute atomic E-state index is 0.335. The maximum atomic E-state index is 4.41. The third-order valence-corrected chi connectivity index (χ3v) is 4.45. The Morgan fingerprint density at radius 1 is 1.00 bits per heavy atom. The van der Waals surface area contributed by atoms with E-state index in [1.807, 2.05) is 42.5 Å². The predicted octanol–water partition coefficient (Wildman–Crippen LogP) is 4.48. The van der Waals surface area contributed by atoms with Gasteiger partial charge in [0, 0.05) is 19.8 Å². The van der Waals surface area contributed by atoms with Crippen LogP contribution in [0, 0.1) is 0 Å². The van der Waals surface area contributed by atoms with Gasteiger partial charge in [0.2, 0.25) is 0 Å². The Kier molecular flexibility index (Phi) is 3.99. The molecule has 6 nitrogen and oxygen atoms in total. The van der Waals surface area contributed by atoms with Crippen molar-refractivity contribution in [1.29, 1.82) is 0 Å². The summed E-state index contributed by atoms with van der Waals surface area (Å²) < 4.78 is 2.01. The Hall–Kier alpha value is -2.32. The molecule has 0 atom stereocenters. The van der Waals surface area contributed by atoms with Crippen molar-refractivity contribution in [3.63, 3.8) is 0 Å². The van der Waals surface area contributed by atoms with E-state index in [0.717, 1.165) is 30.9 Å². The van der Waals surface area contributed by atoms with Gasteiger partial charge in [-0.3, -0.25) is 0 Å². The number of aromatic nitrogens is 4. The number of hydrogen-bond acceptors (Lipinski definition) is 5. The summed E-state index contributed by atoms with van der Waals surface area (Å²) in [6.45, 7) is 0. The van der Waals surface area contributed by atoms with Gasteiger partial charge in [-0.25, -0.2) is 5.43 Å². The highest BCUT2D eigenvalue weighted by Gasteiger charge is 2.09. The van der Waals surface area contributed by atoms with Gasteiger partial charge in [0.05, 0.1) is 6.21 Å². The zero-order chi connectivity index (χ0) is 16.5. The number of H-pyrrole nitrogens is 1. The Morgan fingerprint density at radius 2 is 1.79 bits per heavy atom. The lowest BCUT2D eigenvalue weighted by Crippen LogP contribution is -1.98. The zero-order valence-corrected chi connectivity index (χ0v) is 15.3. The average Bonchev–Trinajstić information content (AvgIpc) is 2.94. The standard InChI is InChI=1S/C16H10Br2N6/c17-10-3-1-9(2-4-10)8-19-23-16-21-15-14(22-24-16)12-7-11(18)5-6-13(12)20-15/h1-8H,(H2,20,21,23,24)/b19-8-. The van der Waals surface area contributed by atoms with Crippen LogP contribution in [0.15, 0.2) is 56.5 Å². The molecule has 0 radical (unpaired) electrons. The number of benzene rings is 2. The highest BCUT2D eigenvalue weighted by Crippen LogP contribution is 2.25. The smallest absolute Gasteiger partial charge is 0.265 e. The molecular formula is C16H10Br2N6. The summed E-state index contributed by atoms with van der Waals surface area (Å²) >= 11 is 6.86. The summed E-state index contributed by atoms with van der Waals surface area (Å²) in [5.41, 5.74) is 6.13. The summed E-state index contributed by atoms with van der Waals surface area (Å²) in [7, 11) is 0. The lowest BCUT2D eigenvalue weighted by atomic mass is 10.2. The molecular weight excluding hydrogens is 436 g/mol. The molecule has 8 heteroatoms. The molecule has 2 N–H and O–H groups in total. The number of rotatable bonds is 3. The molecule has 0 saturated heterocycles. The summed E-state index contributed by atoms with van der Waals surface area (Å²) in [4.78, 5) is 7.64. The fraction of sp³-hybridized carbons (Fsp3) is 0. The van der Waals surface area contributed by atoms with Crippen molar-refractivity contribution in [3.05, 3.63) is 57.0 Å². The van der Waals surface area contributed by atoms with E-state index in [2.05, 4.69) is 62.6 Å². The van der Waals surface area contributed by atoms with Crippen molar-refractivity contribution >= 4 is 66.1 Å². The van der Waals surface area contributed by atoms with Crippen molar-refractivity contribution in [2.75, 3.05) is 5.43 Å². The molecule has 118 valence electrons. The van der Waals surface area contributed by atoms with Gasteiger partial charge in [-0.1, -0.05) is 44.0 Å². The first-order chi connectivity index (χ1) is 11.7. The van der Waals surface area contributed by atoms with E-state index >= 15 is 0 Å². The fourth-order valence-corrected chi connectivity index (χ4v) is 2.93. The summed E-state index contributed by atoms with van der Waals surface area (Å²) in [5, 5.41) is 13.4. The van der Waals surface area contributed by atoms with E-state index in [1.165, 1.54) is 0 Å². The van der Waals surface area contributed by atoms with Gasteiger partial charge in [0.25, 0.3) is 5.95 Å². The van der Waals surface area contributed by atoms with Gasteiger partial charge in [-0.2, -0.15) is 10.1 Å². The van der Waals surface area contributed by atoms with Gasteiger partial charge < -0.3 is 4.98 Å². The van der Waals surface area contributed by atoms with E-state index < -0.39 is 0 Å². The molecule has 0 amide bonds. The number of anilines is 1. The van der Waals surface area contributed by atoms with Crippen molar-refractivity contribution in [3.8, 4) is 0 Å². The quantitative estimate of drug-likeness (QED) is 0.360. The number of halogens is 2. The van der Waals surface area contributed by atoms with Crippen molar-refractivity contribution in [1.82, 2.24) is 20.2 Å². The Bertz CT molecular complexity index is 1060. The van der Waals surface area contributed by atoms with Crippen LogP contribution in [-0.4, -0.2) is 26.4 Å². The molecule has 4 aromatic rings. The first-order valence-corrected chi connectivity index (χ1v) is 8.64. The second-order valence-corrected chi connectivity index (χ2v) is 6.90. The molecule has 2 aromatic carbocycles. The number of aromatic amines is 1. The van der Waals surface area contributed by atoms with Crippen molar-refractivity contribution < 1.29 is 0 Å². The predicted molar refractivity (Wildman–Crippen MR) is 102 cm³/mol. The molecule has 0 aliphatic rings. The molecule has 0 bridgehead atoms. The van der Waals surface area contributed by atoms with E-state index in [1.54, 1.807) is 6.21 Å². The topological polar surface area (TPSA) is 78.8 Å². The average molecular weight is 446 g/mol. The monoisotopic (exact) mass is 444 g/mol. The van der Waals surface area contributed by atoms with Gasteiger partial charge in [-0.05, 0) is 35.9 Å². The molecule has 0 unspecified atom stereocenters. The van der Waals surface area contributed by atoms with Crippen LogP contribution >= 0.6 is 31.9 Å². The fourth-order valence-electron chi connectivity index (χ4n) is 2.30. The summed E-state index contributed by atoms with van der Waals surface area (Å²) in [6.07, 6.45) is 1.70. The summed E-state index contributed by atoms with van der Waals surface area (Å²) in [6, 6.07) is 13.7. The van der Waals surface area contributed by atoms with Crippen LogP contribution in [0.3, 0.4) is 0 Å². The van der Waals surface area contributed by atoms with Crippen LogP contribution in [0.4, 0.5) is 5.95 Å². The number of nitrogens with one attached hydrogen (secondary N) is 2. The molecule has 24 heavy (non-hydrogen) atoms. The molecule has 0 aliphatic heterocycles. The lowest BCUT2D eigenvalue weighted by molar-refractivity contribution is 1.01. The number of fused-ring (bicyclic) bond motifs is 3. The highest BCUT2D eigenvalue weighted by atomic mass is 79.9. The Morgan fingerprint density at radius 3 is 2.62 bits per heavy atom. The van der Waals surface area contributed by atoms with Gasteiger partial charge in [0.1, 0.15) is 5.52 Å². The molecule has 4 rings (SSSR count). The minimum atomic E-state index is 0.335. The van der Waals surface area contributed by atoms with Crippen LogP contribution in [-0.2, 0) is 0 Å². The van der Waals surface area contributed by atoms with Crippen LogP contribution < -0.4 is 5.43 Å². The second-order valence-electron chi connectivity index (χ2n) is 5.07. The molecule has 2 heterocycles.